The molecule has 3 rings (SSSR count). The van der Waals surface area contributed by atoms with Crippen LogP contribution in [-0.4, -0.2) is 37.9 Å². The minimum absolute atomic E-state index is 0.0752. The normalized spacial score (nSPS) is 19.6. The van der Waals surface area contributed by atoms with Crippen LogP contribution >= 0.6 is 23.2 Å². The molecule has 150 valence electrons. The first-order chi connectivity index (χ1) is 13.4. The molecular formula is C21H23Cl2NO4. The van der Waals surface area contributed by atoms with Crippen LogP contribution in [0.1, 0.15) is 41.4 Å². The van der Waals surface area contributed by atoms with Crippen molar-refractivity contribution in [2.75, 3.05) is 20.8 Å². The first-order valence-electron chi connectivity index (χ1n) is 9.10. The lowest BCUT2D eigenvalue weighted by atomic mass is 9.67. The summed E-state index contributed by atoms with van der Waals surface area (Å²) in [5.41, 5.74) is 2.21. The number of hydrogen-bond donors (Lipinski definition) is 0. The standard InChI is InChI=1S/C21H23Cl2NO4/c1-13(26-2)21(10-4-5-14-11-15(22)6-7-16(14)21)12-28-18-9-8-17(20(25)27-3)24-19(18)23/h6-9,11,13H,4-5,10,12H2,1-3H3/t13?,21-/m1/s1. The third-order valence-electron chi connectivity index (χ3n) is 5.50. The first-order valence-corrected chi connectivity index (χ1v) is 9.86. The third kappa shape index (κ3) is 3.97. The summed E-state index contributed by atoms with van der Waals surface area (Å²) in [4.78, 5) is 15.7. The van der Waals surface area contributed by atoms with Crippen molar-refractivity contribution in [1.82, 2.24) is 4.98 Å². The number of ether oxygens (including phenoxy) is 3. The molecule has 0 bridgehead atoms. The van der Waals surface area contributed by atoms with Gasteiger partial charge in [-0.05, 0) is 61.6 Å². The summed E-state index contributed by atoms with van der Waals surface area (Å²) in [6, 6.07) is 9.16. The van der Waals surface area contributed by atoms with Crippen LogP contribution in [-0.2, 0) is 21.3 Å². The van der Waals surface area contributed by atoms with Gasteiger partial charge < -0.3 is 14.2 Å². The monoisotopic (exact) mass is 423 g/mol. The largest absolute Gasteiger partial charge is 0.489 e. The van der Waals surface area contributed by atoms with Gasteiger partial charge in [0.25, 0.3) is 0 Å². The second kappa shape index (κ2) is 8.68. The number of benzene rings is 1. The smallest absolute Gasteiger partial charge is 0.356 e. The molecule has 1 unspecified atom stereocenters. The number of rotatable bonds is 6. The molecule has 28 heavy (non-hydrogen) atoms. The molecule has 0 aliphatic heterocycles. The number of nitrogens with zero attached hydrogens (tertiary/aromatic N) is 1. The summed E-state index contributed by atoms with van der Waals surface area (Å²) >= 11 is 12.4. The van der Waals surface area contributed by atoms with Crippen molar-refractivity contribution in [3.63, 3.8) is 0 Å². The summed E-state index contributed by atoms with van der Waals surface area (Å²) in [6.45, 7) is 2.42. The van der Waals surface area contributed by atoms with Gasteiger partial charge in [-0.1, -0.05) is 29.3 Å². The molecule has 0 fully saturated rings. The van der Waals surface area contributed by atoms with E-state index in [-0.39, 0.29) is 22.4 Å². The van der Waals surface area contributed by atoms with Gasteiger partial charge in [-0.2, -0.15) is 0 Å². The van der Waals surface area contributed by atoms with E-state index in [1.165, 1.54) is 24.3 Å². The van der Waals surface area contributed by atoms with E-state index in [0.717, 1.165) is 24.3 Å². The predicted octanol–water partition coefficient (Wildman–Crippen LogP) is 4.86. The molecule has 1 aliphatic rings. The topological polar surface area (TPSA) is 57.7 Å². The molecule has 0 N–H and O–H groups in total. The van der Waals surface area contributed by atoms with Crippen molar-refractivity contribution in [3.8, 4) is 5.75 Å². The fourth-order valence-electron chi connectivity index (χ4n) is 3.85. The predicted molar refractivity (Wildman–Crippen MR) is 109 cm³/mol. The van der Waals surface area contributed by atoms with E-state index in [0.29, 0.717) is 12.4 Å². The number of esters is 1. The number of aromatic nitrogens is 1. The summed E-state index contributed by atoms with van der Waals surface area (Å²) < 4.78 is 16.5. The summed E-state index contributed by atoms with van der Waals surface area (Å²) in [6.07, 6.45) is 2.83. The molecule has 2 aromatic rings. The SMILES string of the molecule is COC(=O)c1ccc(OC[C@@]2(C(C)OC)CCCc3cc(Cl)ccc32)c(Cl)n1. The lowest BCUT2D eigenvalue weighted by molar-refractivity contribution is 0.0110. The maximum atomic E-state index is 11.6. The minimum Gasteiger partial charge on any atom is -0.489 e. The van der Waals surface area contributed by atoms with E-state index in [4.69, 9.17) is 32.7 Å². The van der Waals surface area contributed by atoms with Crippen LogP contribution in [0, 0.1) is 0 Å². The number of hydrogen-bond acceptors (Lipinski definition) is 5. The average molecular weight is 424 g/mol. The molecule has 1 heterocycles. The van der Waals surface area contributed by atoms with Crippen molar-refractivity contribution in [2.45, 2.75) is 37.7 Å². The Labute approximate surface area is 174 Å². The van der Waals surface area contributed by atoms with Gasteiger partial charge in [0.2, 0.25) is 0 Å². The second-order valence-corrected chi connectivity index (χ2v) is 7.75. The van der Waals surface area contributed by atoms with E-state index in [9.17, 15) is 4.79 Å². The van der Waals surface area contributed by atoms with Crippen LogP contribution in [0.25, 0.3) is 0 Å². The number of pyridine rings is 1. The number of aryl methyl sites for hydroxylation is 1. The summed E-state index contributed by atoms with van der Waals surface area (Å²) in [7, 11) is 3.00. The van der Waals surface area contributed by atoms with E-state index in [1.807, 2.05) is 19.1 Å². The Morgan fingerprint density at radius 1 is 1.25 bits per heavy atom. The Hall–Kier alpha value is -1.82. The van der Waals surface area contributed by atoms with Gasteiger partial charge >= 0.3 is 5.97 Å². The Balaban J connectivity index is 1.91. The van der Waals surface area contributed by atoms with Crippen LogP contribution in [0.5, 0.6) is 5.75 Å². The van der Waals surface area contributed by atoms with Crippen molar-refractivity contribution in [2.24, 2.45) is 0 Å². The summed E-state index contributed by atoms with van der Waals surface area (Å²) in [5, 5.41) is 0.849. The number of fused-ring (bicyclic) bond motifs is 1. The highest BCUT2D eigenvalue weighted by atomic mass is 35.5. The molecule has 1 aromatic heterocycles. The van der Waals surface area contributed by atoms with E-state index in [2.05, 4.69) is 15.8 Å². The van der Waals surface area contributed by atoms with Crippen LogP contribution in [0.15, 0.2) is 30.3 Å². The number of halogens is 2. The fourth-order valence-corrected chi connectivity index (χ4v) is 4.26. The summed E-state index contributed by atoms with van der Waals surface area (Å²) in [5.74, 6) is -0.130. The van der Waals surface area contributed by atoms with Gasteiger partial charge in [-0.3, -0.25) is 0 Å². The van der Waals surface area contributed by atoms with Gasteiger partial charge in [0.05, 0.1) is 18.6 Å². The van der Waals surface area contributed by atoms with Crippen molar-refractivity contribution in [3.05, 3.63) is 57.3 Å². The molecule has 0 saturated heterocycles. The highest BCUT2D eigenvalue weighted by Gasteiger charge is 2.43. The zero-order chi connectivity index (χ0) is 20.3. The van der Waals surface area contributed by atoms with E-state index in [1.54, 1.807) is 13.2 Å². The Morgan fingerprint density at radius 2 is 2.04 bits per heavy atom. The number of methoxy groups -OCH3 is 2. The third-order valence-corrected chi connectivity index (χ3v) is 6.00. The number of carbonyl (C=O) groups is 1. The molecule has 1 aromatic carbocycles. The molecule has 0 spiro atoms. The fraction of sp³-hybridized carbons (Fsp3) is 0.429. The molecule has 1 aliphatic carbocycles. The van der Waals surface area contributed by atoms with Crippen LogP contribution in [0.4, 0.5) is 0 Å². The zero-order valence-electron chi connectivity index (χ0n) is 16.1. The lowest BCUT2D eigenvalue weighted by Crippen LogP contribution is -2.46. The highest BCUT2D eigenvalue weighted by molar-refractivity contribution is 6.31. The Bertz CT molecular complexity index is 873. The van der Waals surface area contributed by atoms with Crippen LogP contribution < -0.4 is 4.74 Å². The molecular weight excluding hydrogens is 401 g/mol. The number of carbonyl (C=O) groups excluding carboxylic acids is 1. The second-order valence-electron chi connectivity index (χ2n) is 6.95. The quantitative estimate of drug-likeness (QED) is 0.490. The average Bonchev–Trinajstić information content (AvgIpc) is 2.71. The van der Waals surface area contributed by atoms with Gasteiger partial charge in [0.15, 0.2) is 10.9 Å². The maximum Gasteiger partial charge on any atom is 0.356 e. The Kier molecular flexibility index (Phi) is 6.48. The highest BCUT2D eigenvalue weighted by Crippen LogP contribution is 2.42. The Morgan fingerprint density at radius 3 is 2.71 bits per heavy atom. The zero-order valence-corrected chi connectivity index (χ0v) is 17.6. The van der Waals surface area contributed by atoms with Crippen molar-refractivity contribution in [1.29, 1.82) is 0 Å². The van der Waals surface area contributed by atoms with Crippen molar-refractivity contribution >= 4 is 29.2 Å². The van der Waals surface area contributed by atoms with Gasteiger partial charge in [0, 0.05) is 12.1 Å². The van der Waals surface area contributed by atoms with E-state index >= 15 is 0 Å². The van der Waals surface area contributed by atoms with Gasteiger partial charge in [0.1, 0.15) is 12.3 Å². The first kappa shape index (κ1) is 20.9. The molecule has 2 atom stereocenters. The molecule has 0 radical (unpaired) electrons. The molecule has 7 heteroatoms. The lowest BCUT2D eigenvalue weighted by Gasteiger charge is -2.42. The maximum absolute atomic E-state index is 11.6. The van der Waals surface area contributed by atoms with Crippen LogP contribution in [0.2, 0.25) is 10.2 Å². The van der Waals surface area contributed by atoms with Crippen LogP contribution in [0.3, 0.4) is 0 Å². The molecule has 0 amide bonds. The minimum atomic E-state index is -0.545. The molecule has 0 saturated carbocycles. The van der Waals surface area contributed by atoms with E-state index < -0.39 is 5.97 Å². The van der Waals surface area contributed by atoms with Gasteiger partial charge in [-0.15, -0.1) is 0 Å². The molecule has 5 nitrogen and oxygen atoms in total. The van der Waals surface area contributed by atoms with Crippen molar-refractivity contribution < 1.29 is 19.0 Å². The van der Waals surface area contributed by atoms with Gasteiger partial charge in [-0.25, -0.2) is 9.78 Å².